The standard InChI is InChI=1S/C19H18N4O2S/c24-18(16-7-4-10-26-16)20-11-15-13-22-8-9-23(19(25)17(22)21-15)12-14-5-2-1-3-6-14/h1-7,10,13H,8-9,11-12H2,(H,20,24). The Kier molecular flexibility index (Phi) is 4.53. The number of hydrogen-bond acceptors (Lipinski definition) is 4. The molecule has 0 radical (unpaired) electrons. The van der Waals surface area contributed by atoms with Gasteiger partial charge in [-0.3, -0.25) is 9.59 Å². The molecule has 0 unspecified atom stereocenters. The van der Waals surface area contributed by atoms with Crippen molar-refractivity contribution in [3.05, 3.63) is 76.0 Å². The van der Waals surface area contributed by atoms with Gasteiger partial charge in [-0.1, -0.05) is 36.4 Å². The van der Waals surface area contributed by atoms with Gasteiger partial charge in [0.05, 0.1) is 17.1 Å². The molecule has 1 aliphatic rings. The van der Waals surface area contributed by atoms with E-state index in [0.29, 0.717) is 42.6 Å². The van der Waals surface area contributed by atoms with Gasteiger partial charge in [0, 0.05) is 25.8 Å². The number of rotatable bonds is 5. The fourth-order valence-corrected chi connectivity index (χ4v) is 3.63. The average molecular weight is 366 g/mol. The van der Waals surface area contributed by atoms with Gasteiger partial charge in [-0.2, -0.15) is 0 Å². The number of carbonyl (C=O) groups excluding carboxylic acids is 2. The molecule has 3 heterocycles. The lowest BCUT2D eigenvalue weighted by atomic mass is 10.2. The van der Waals surface area contributed by atoms with E-state index < -0.39 is 0 Å². The molecule has 4 rings (SSSR count). The van der Waals surface area contributed by atoms with E-state index in [4.69, 9.17) is 0 Å². The molecule has 0 aliphatic carbocycles. The van der Waals surface area contributed by atoms with Crippen LogP contribution in [0.1, 0.15) is 31.5 Å². The maximum absolute atomic E-state index is 12.7. The monoisotopic (exact) mass is 366 g/mol. The summed E-state index contributed by atoms with van der Waals surface area (Å²) in [5, 5.41) is 4.71. The number of nitrogens with zero attached hydrogens (tertiary/aromatic N) is 3. The number of imidazole rings is 1. The van der Waals surface area contributed by atoms with Crippen molar-refractivity contribution in [2.75, 3.05) is 6.54 Å². The highest BCUT2D eigenvalue weighted by Gasteiger charge is 2.27. The van der Waals surface area contributed by atoms with Crippen LogP contribution in [0.3, 0.4) is 0 Å². The largest absolute Gasteiger partial charge is 0.346 e. The van der Waals surface area contributed by atoms with E-state index in [1.807, 2.05) is 57.4 Å². The molecule has 2 aromatic heterocycles. The second kappa shape index (κ2) is 7.13. The Balaban J connectivity index is 1.43. The van der Waals surface area contributed by atoms with Crippen LogP contribution in [0.25, 0.3) is 0 Å². The summed E-state index contributed by atoms with van der Waals surface area (Å²) >= 11 is 1.40. The molecule has 1 aliphatic heterocycles. The van der Waals surface area contributed by atoms with Crippen molar-refractivity contribution in [1.82, 2.24) is 19.8 Å². The number of fused-ring (bicyclic) bond motifs is 1. The summed E-state index contributed by atoms with van der Waals surface area (Å²) in [6, 6.07) is 13.6. The third kappa shape index (κ3) is 3.39. The number of aromatic nitrogens is 2. The Bertz CT molecular complexity index is 918. The minimum atomic E-state index is -0.122. The molecule has 0 spiro atoms. The van der Waals surface area contributed by atoms with Crippen molar-refractivity contribution in [3.63, 3.8) is 0 Å². The van der Waals surface area contributed by atoms with Crippen LogP contribution in [0.4, 0.5) is 0 Å². The van der Waals surface area contributed by atoms with Crippen molar-refractivity contribution in [1.29, 1.82) is 0 Å². The first kappa shape index (κ1) is 16.5. The Hall–Kier alpha value is -2.93. The summed E-state index contributed by atoms with van der Waals surface area (Å²) in [7, 11) is 0. The summed E-state index contributed by atoms with van der Waals surface area (Å²) < 4.78 is 1.87. The van der Waals surface area contributed by atoms with Gasteiger partial charge in [0.25, 0.3) is 11.8 Å². The smallest absolute Gasteiger partial charge is 0.290 e. The molecule has 0 atom stereocenters. The van der Waals surface area contributed by atoms with E-state index in [2.05, 4.69) is 10.3 Å². The lowest BCUT2D eigenvalue weighted by Crippen LogP contribution is -2.39. The van der Waals surface area contributed by atoms with Crippen LogP contribution in [0.15, 0.2) is 54.0 Å². The molecule has 0 saturated carbocycles. The first-order chi connectivity index (χ1) is 12.7. The fraction of sp³-hybridized carbons (Fsp3) is 0.211. The second-order valence-electron chi connectivity index (χ2n) is 6.12. The predicted octanol–water partition coefficient (Wildman–Crippen LogP) is 2.53. The van der Waals surface area contributed by atoms with Gasteiger partial charge >= 0.3 is 0 Å². The van der Waals surface area contributed by atoms with E-state index in [9.17, 15) is 9.59 Å². The molecular weight excluding hydrogens is 348 g/mol. The Morgan fingerprint density at radius 3 is 2.77 bits per heavy atom. The molecule has 2 amide bonds. The number of nitrogens with one attached hydrogen (secondary N) is 1. The molecule has 6 nitrogen and oxygen atoms in total. The van der Waals surface area contributed by atoms with Crippen molar-refractivity contribution in [2.24, 2.45) is 0 Å². The van der Waals surface area contributed by atoms with E-state index >= 15 is 0 Å². The van der Waals surface area contributed by atoms with Crippen molar-refractivity contribution in [2.45, 2.75) is 19.6 Å². The molecule has 0 saturated heterocycles. The highest BCUT2D eigenvalue weighted by Crippen LogP contribution is 2.16. The van der Waals surface area contributed by atoms with Gasteiger partial charge < -0.3 is 14.8 Å². The third-order valence-electron chi connectivity index (χ3n) is 4.31. The van der Waals surface area contributed by atoms with E-state index in [1.54, 1.807) is 6.07 Å². The number of hydrogen-bond donors (Lipinski definition) is 1. The van der Waals surface area contributed by atoms with Crippen LogP contribution >= 0.6 is 11.3 Å². The van der Waals surface area contributed by atoms with Crippen LogP contribution in [-0.2, 0) is 19.6 Å². The topological polar surface area (TPSA) is 67.2 Å². The SMILES string of the molecule is O=C(NCc1cn2c(n1)C(=O)N(Cc1ccccc1)CC2)c1cccs1. The number of amides is 2. The van der Waals surface area contributed by atoms with Crippen molar-refractivity contribution in [3.8, 4) is 0 Å². The predicted molar refractivity (Wildman–Crippen MR) is 98.9 cm³/mol. The highest BCUT2D eigenvalue weighted by atomic mass is 32.1. The molecule has 3 aromatic rings. The summed E-state index contributed by atoms with van der Waals surface area (Å²) in [5.41, 5.74) is 1.80. The van der Waals surface area contributed by atoms with Crippen LogP contribution in [0.2, 0.25) is 0 Å². The third-order valence-corrected chi connectivity index (χ3v) is 5.18. The minimum absolute atomic E-state index is 0.0732. The Morgan fingerprint density at radius 2 is 2.00 bits per heavy atom. The maximum atomic E-state index is 12.7. The molecule has 1 aromatic carbocycles. The molecule has 0 fully saturated rings. The van der Waals surface area contributed by atoms with Crippen LogP contribution in [0, 0.1) is 0 Å². The van der Waals surface area contributed by atoms with E-state index in [-0.39, 0.29) is 11.8 Å². The average Bonchev–Trinajstić information content (AvgIpc) is 3.33. The van der Waals surface area contributed by atoms with Gasteiger partial charge in [-0.25, -0.2) is 4.98 Å². The zero-order valence-corrected chi connectivity index (χ0v) is 14.9. The number of thiophene rings is 1. The Labute approximate surface area is 155 Å². The Morgan fingerprint density at radius 1 is 1.15 bits per heavy atom. The zero-order chi connectivity index (χ0) is 17.9. The van der Waals surface area contributed by atoms with Crippen LogP contribution in [0.5, 0.6) is 0 Å². The first-order valence-electron chi connectivity index (χ1n) is 8.41. The summed E-state index contributed by atoms with van der Waals surface area (Å²) in [4.78, 5) is 31.7. The number of carbonyl (C=O) groups is 2. The van der Waals surface area contributed by atoms with Gasteiger partial charge in [0.15, 0.2) is 5.82 Å². The molecular formula is C19H18N4O2S. The van der Waals surface area contributed by atoms with E-state index in [0.717, 1.165) is 5.56 Å². The van der Waals surface area contributed by atoms with Crippen molar-refractivity contribution < 1.29 is 9.59 Å². The molecule has 1 N–H and O–H groups in total. The van der Waals surface area contributed by atoms with E-state index in [1.165, 1.54) is 11.3 Å². The molecule has 132 valence electrons. The van der Waals surface area contributed by atoms with Crippen LogP contribution < -0.4 is 5.32 Å². The number of benzene rings is 1. The van der Waals surface area contributed by atoms with Crippen LogP contribution in [-0.4, -0.2) is 32.8 Å². The molecule has 7 heteroatoms. The maximum Gasteiger partial charge on any atom is 0.290 e. The van der Waals surface area contributed by atoms with Gasteiger partial charge in [0.1, 0.15) is 0 Å². The lowest BCUT2D eigenvalue weighted by Gasteiger charge is -2.27. The quantitative estimate of drug-likeness (QED) is 0.755. The van der Waals surface area contributed by atoms with Crippen molar-refractivity contribution >= 4 is 23.2 Å². The summed E-state index contributed by atoms with van der Waals surface area (Å²) in [6.07, 6.45) is 1.85. The summed E-state index contributed by atoms with van der Waals surface area (Å²) in [5.74, 6) is 0.242. The fourth-order valence-electron chi connectivity index (χ4n) is 2.99. The highest BCUT2D eigenvalue weighted by molar-refractivity contribution is 7.12. The van der Waals surface area contributed by atoms with Gasteiger partial charge in [-0.15, -0.1) is 11.3 Å². The van der Waals surface area contributed by atoms with Gasteiger partial charge in [0.2, 0.25) is 0 Å². The minimum Gasteiger partial charge on any atom is -0.346 e. The normalized spacial score (nSPS) is 13.5. The molecule has 0 bridgehead atoms. The molecule has 26 heavy (non-hydrogen) atoms. The first-order valence-corrected chi connectivity index (χ1v) is 9.29. The zero-order valence-electron chi connectivity index (χ0n) is 14.1. The van der Waals surface area contributed by atoms with Gasteiger partial charge in [-0.05, 0) is 17.0 Å². The second-order valence-corrected chi connectivity index (χ2v) is 7.07. The summed E-state index contributed by atoms with van der Waals surface area (Å²) in [6.45, 7) is 2.25. The lowest BCUT2D eigenvalue weighted by molar-refractivity contribution is 0.0683.